The van der Waals surface area contributed by atoms with Crippen molar-refractivity contribution < 1.29 is 19.0 Å². The van der Waals surface area contributed by atoms with E-state index < -0.39 is 5.97 Å². The van der Waals surface area contributed by atoms with Gasteiger partial charge in [-0.2, -0.15) is 0 Å². The molecule has 0 bridgehead atoms. The van der Waals surface area contributed by atoms with Crippen molar-refractivity contribution in [2.45, 2.75) is 26.2 Å². The normalized spacial score (nSPS) is 10.2. The molecule has 3 nitrogen and oxygen atoms in total. The Balaban J connectivity index is 2.79. The quantitative estimate of drug-likeness (QED) is 0.839. The number of methoxy groups -OCH3 is 1. The zero-order chi connectivity index (χ0) is 12.1. The van der Waals surface area contributed by atoms with Crippen molar-refractivity contribution in [2.24, 2.45) is 0 Å². The van der Waals surface area contributed by atoms with Crippen LogP contribution in [0, 0.1) is 12.7 Å². The molecule has 16 heavy (non-hydrogen) atoms. The molecule has 0 amide bonds. The fraction of sp³-hybridized carbons (Fsp3) is 0.417. The summed E-state index contributed by atoms with van der Waals surface area (Å²) in [5.41, 5.74) is 1.32. The molecule has 4 heteroatoms. The molecular formula is C12H15FO3. The number of carboxylic acids is 1. The molecule has 0 saturated carbocycles. The third-order valence-electron chi connectivity index (χ3n) is 2.46. The minimum absolute atomic E-state index is 0.111. The lowest BCUT2D eigenvalue weighted by Crippen LogP contribution is -2.00. The van der Waals surface area contributed by atoms with Gasteiger partial charge in [-0.25, -0.2) is 4.39 Å². The Morgan fingerprint density at radius 2 is 2.19 bits per heavy atom. The first-order valence-corrected chi connectivity index (χ1v) is 5.10. The second-order valence-electron chi connectivity index (χ2n) is 3.61. The van der Waals surface area contributed by atoms with Crippen LogP contribution in [0.15, 0.2) is 12.1 Å². The number of ether oxygens (including phenoxy) is 1. The van der Waals surface area contributed by atoms with Crippen LogP contribution in [0.1, 0.15) is 24.0 Å². The number of rotatable bonds is 5. The van der Waals surface area contributed by atoms with E-state index in [1.54, 1.807) is 13.0 Å². The lowest BCUT2D eigenvalue weighted by atomic mass is 10.0. The maximum absolute atomic E-state index is 13.2. The van der Waals surface area contributed by atoms with Gasteiger partial charge in [0.25, 0.3) is 0 Å². The Morgan fingerprint density at radius 1 is 1.50 bits per heavy atom. The Bertz CT molecular complexity index is 388. The van der Waals surface area contributed by atoms with Gasteiger partial charge >= 0.3 is 5.97 Å². The lowest BCUT2D eigenvalue weighted by Gasteiger charge is -2.11. The standard InChI is InChI=1S/C12H15FO3/c1-8-10(13)7-6-9(12(8)16-2)4-3-5-11(14)15/h6-7H,3-5H2,1-2H3,(H,14,15). The molecular weight excluding hydrogens is 211 g/mol. The second-order valence-corrected chi connectivity index (χ2v) is 3.61. The van der Waals surface area contributed by atoms with E-state index in [-0.39, 0.29) is 12.2 Å². The molecule has 0 atom stereocenters. The van der Waals surface area contributed by atoms with Gasteiger partial charge in [0.1, 0.15) is 11.6 Å². The van der Waals surface area contributed by atoms with E-state index in [2.05, 4.69) is 0 Å². The van der Waals surface area contributed by atoms with Gasteiger partial charge in [-0.05, 0) is 31.4 Å². The van der Waals surface area contributed by atoms with Crippen molar-refractivity contribution in [3.63, 3.8) is 0 Å². The van der Waals surface area contributed by atoms with E-state index in [9.17, 15) is 9.18 Å². The summed E-state index contributed by atoms with van der Waals surface area (Å²) in [7, 11) is 1.49. The number of hydrogen-bond acceptors (Lipinski definition) is 2. The molecule has 0 radical (unpaired) electrons. The summed E-state index contributed by atoms with van der Waals surface area (Å²) in [6, 6.07) is 3.02. The van der Waals surface area contributed by atoms with Crippen molar-refractivity contribution >= 4 is 5.97 Å². The van der Waals surface area contributed by atoms with Crippen LogP contribution >= 0.6 is 0 Å². The van der Waals surface area contributed by atoms with Crippen molar-refractivity contribution in [3.05, 3.63) is 29.1 Å². The molecule has 0 aliphatic heterocycles. The lowest BCUT2D eigenvalue weighted by molar-refractivity contribution is -0.137. The van der Waals surface area contributed by atoms with Crippen LogP contribution in [0.3, 0.4) is 0 Å². The average molecular weight is 226 g/mol. The monoisotopic (exact) mass is 226 g/mol. The van der Waals surface area contributed by atoms with Crippen molar-refractivity contribution in [3.8, 4) is 5.75 Å². The van der Waals surface area contributed by atoms with Crippen LogP contribution in [0.4, 0.5) is 4.39 Å². The second kappa shape index (κ2) is 5.49. The fourth-order valence-electron chi connectivity index (χ4n) is 1.63. The maximum Gasteiger partial charge on any atom is 0.303 e. The number of carboxylic acid groups (broad SMARTS) is 1. The highest BCUT2D eigenvalue weighted by atomic mass is 19.1. The van der Waals surface area contributed by atoms with Gasteiger partial charge in [0.15, 0.2) is 0 Å². The molecule has 0 spiro atoms. The fourth-order valence-corrected chi connectivity index (χ4v) is 1.63. The first kappa shape index (κ1) is 12.5. The van der Waals surface area contributed by atoms with Gasteiger partial charge in [-0.1, -0.05) is 6.07 Å². The number of hydrogen-bond donors (Lipinski definition) is 1. The summed E-state index contributed by atoms with van der Waals surface area (Å²) in [6.45, 7) is 1.65. The molecule has 0 unspecified atom stereocenters. The van der Waals surface area contributed by atoms with Crippen LogP contribution in [-0.4, -0.2) is 18.2 Å². The minimum atomic E-state index is -0.821. The first-order chi connectivity index (χ1) is 7.56. The van der Waals surface area contributed by atoms with E-state index in [0.717, 1.165) is 5.56 Å². The van der Waals surface area contributed by atoms with Crippen molar-refractivity contribution in [1.82, 2.24) is 0 Å². The van der Waals surface area contributed by atoms with E-state index in [0.29, 0.717) is 24.2 Å². The van der Waals surface area contributed by atoms with Crippen LogP contribution in [-0.2, 0) is 11.2 Å². The highest BCUT2D eigenvalue weighted by Gasteiger charge is 2.10. The van der Waals surface area contributed by atoms with Gasteiger partial charge in [0, 0.05) is 12.0 Å². The van der Waals surface area contributed by atoms with Gasteiger partial charge < -0.3 is 9.84 Å². The SMILES string of the molecule is COc1c(CCCC(=O)O)ccc(F)c1C. The summed E-state index contributed by atoms with van der Waals surface area (Å²) >= 11 is 0. The molecule has 0 heterocycles. The molecule has 0 fully saturated rings. The van der Waals surface area contributed by atoms with Gasteiger partial charge in [-0.3, -0.25) is 4.79 Å². The van der Waals surface area contributed by atoms with Crippen molar-refractivity contribution in [1.29, 1.82) is 0 Å². The van der Waals surface area contributed by atoms with Crippen LogP contribution in [0.5, 0.6) is 5.75 Å². The highest BCUT2D eigenvalue weighted by Crippen LogP contribution is 2.26. The number of halogens is 1. The maximum atomic E-state index is 13.2. The Hall–Kier alpha value is -1.58. The van der Waals surface area contributed by atoms with Gasteiger partial charge in [0.05, 0.1) is 7.11 Å². The van der Waals surface area contributed by atoms with Crippen LogP contribution < -0.4 is 4.74 Å². The third kappa shape index (κ3) is 2.95. The smallest absolute Gasteiger partial charge is 0.303 e. The van der Waals surface area contributed by atoms with Gasteiger partial charge in [-0.15, -0.1) is 0 Å². The van der Waals surface area contributed by atoms with Crippen LogP contribution in [0.2, 0.25) is 0 Å². The molecule has 1 aromatic rings. The van der Waals surface area contributed by atoms with E-state index in [1.165, 1.54) is 13.2 Å². The van der Waals surface area contributed by atoms with E-state index >= 15 is 0 Å². The number of carbonyl (C=O) groups is 1. The van der Waals surface area contributed by atoms with E-state index in [4.69, 9.17) is 9.84 Å². The summed E-state index contributed by atoms with van der Waals surface area (Å²) in [4.78, 5) is 10.4. The highest BCUT2D eigenvalue weighted by molar-refractivity contribution is 5.66. The molecule has 0 saturated heterocycles. The zero-order valence-corrected chi connectivity index (χ0v) is 9.42. The Kier molecular flexibility index (Phi) is 4.28. The predicted molar refractivity (Wildman–Crippen MR) is 58.3 cm³/mol. The Labute approximate surface area is 93.9 Å². The summed E-state index contributed by atoms with van der Waals surface area (Å²) in [5, 5.41) is 8.53. The largest absolute Gasteiger partial charge is 0.496 e. The van der Waals surface area contributed by atoms with Crippen molar-refractivity contribution in [2.75, 3.05) is 7.11 Å². The molecule has 1 aromatic carbocycles. The van der Waals surface area contributed by atoms with E-state index in [1.807, 2.05) is 0 Å². The average Bonchev–Trinajstić information content (AvgIpc) is 2.23. The predicted octanol–water partition coefficient (Wildman–Crippen LogP) is 2.55. The molecule has 0 aromatic heterocycles. The molecule has 0 aliphatic rings. The summed E-state index contributed by atoms with van der Waals surface area (Å²) in [5.74, 6) is -0.609. The molecule has 1 N–H and O–H groups in total. The van der Waals surface area contributed by atoms with Gasteiger partial charge in [0.2, 0.25) is 0 Å². The number of aryl methyl sites for hydroxylation is 1. The topological polar surface area (TPSA) is 46.5 Å². The molecule has 88 valence electrons. The minimum Gasteiger partial charge on any atom is -0.496 e. The zero-order valence-electron chi connectivity index (χ0n) is 9.42. The summed E-state index contributed by atoms with van der Waals surface area (Å²) < 4.78 is 18.3. The molecule has 1 rings (SSSR count). The van der Waals surface area contributed by atoms with Crippen LogP contribution in [0.25, 0.3) is 0 Å². The first-order valence-electron chi connectivity index (χ1n) is 5.10. The Morgan fingerprint density at radius 3 is 2.75 bits per heavy atom. The number of benzene rings is 1. The summed E-state index contributed by atoms with van der Waals surface area (Å²) in [6.07, 6.45) is 1.22. The molecule has 0 aliphatic carbocycles. The number of aliphatic carboxylic acids is 1. The third-order valence-corrected chi connectivity index (χ3v) is 2.46.